The molecular weight excluding hydrogens is 332 g/mol. The van der Waals surface area contributed by atoms with Gasteiger partial charge in [-0.2, -0.15) is 0 Å². The normalized spacial score (nSPS) is 12.0. The van der Waals surface area contributed by atoms with Crippen LogP contribution in [0.2, 0.25) is 0 Å². The van der Waals surface area contributed by atoms with Gasteiger partial charge in [0, 0.05) is 19.5 Å². The number of carbonyl (C=O) groups excluding carboxylic acids is 2. The zero-order valence-corrected chi connectivity index (χ0v) is 15.1. The first-order valence-electron chi connectivity index (χ1n) is 8.25. The zero-order chi connectivity index (χ0) is 18.8. The maximum atomic E-state index is 12.7. The molecule has 0 fully saturated rings. The number of pyridine rings is 1. The van der Waals surface area contributed by atoms with Crippen molar-refractivity contribution >= 4 is 22.8 Å². The molecule has 0 spiro atoms. The van der Waals surface area contributed by atoms with Gasteiger partial charge in [0.2, 0.25) is 0 Å². The van der Waals surface area contributed by atoms with Crippen molar-refractivity contribution in [3.05, 3.63) is 53.8 Å². The molecular formula is C20H20N2O4. The molecule has 0 N–H and O–H groups in total. The van der Waals surface area contributed by atoms with Crippen LogP contribution in [0.4, 0.5) is 0 Å². The van der Waals surface area contributed by atoms with E-state index in [0.29, 0.717) is 27.9 Å². The third kappa shape index (κ3) is 3.44. The van der Waals surface area contributed by atoms with Gasteiger partial charge in [-0.05, 0) is 38.1 Å². The molecule has 2 heterocycles. The highest BCUT2D eigenvalue weighted by Gasteiger charge is 2.23. The molecule has 0 aliphatic rings. The first-order chi connectivity index (χ1) is 12.4. The van der Waals surface area contributed by atoms with Crippen molar-refractivity contribution < 1.29 is 18.7 Å². The number of benzene rings is 1. The lowest BCUT2D eigenvalue weighted by Crippen LogP contribution is -2.34. The minimum absolute atomic E-state index is 0.279. The van der Waals surface area contributed by atoms with Crippen LogP contribution in [-0.4, -0.2) is 42.0 Å². The second kappa shape index (κ2) is 7.00. The summed E-state index contributed by atoms with van der Waals surface area (Å²) >= 11 is 0. The van der Waals surface area contributed by atoms with E-state index in [1.807, 2.05) is 31.2 Å². The number of ether oxygens (including phenoxy) is 1. The van der Waals surface area contributed by atoms with Crippen LogP contribution >= 0.6 is 0 Å². The Bertz CT molecular complexity index is 975. The average Bonchev–Trinajstić information content (AvgIpc) is 3.06. The highest BCUT2D eigenvalue weighted by molar-refractivity contribution is 6.05. The number of nitrogens with zero attached hydrogens (tertiary/aromatic N) is 2. The standard InChI is InChI=1S/C20H20N2O4/c1-12-9-10-18(25-12)17-11-15(14-7-5-6-8-16(14)21-17)20(24)26-13(2)19(23)22(3)4/h5-11,13H,1-4H3/t13-/m1/s1. The Hall–Kier alpha value is -3.15. The maximum absolute atomic E-state index is 12.7. The van der Waals surface area contributed by atoms with Gasteiger partial charge in [0.25, 0.3) is 5.91 Å². The number of aromatic nitrogens is 1. The van der Waals surface area contributed by atoms with Gasteiger partial charge in [0.05, 0.1) is 11.1 Å². The SMILES string of the molecule is Cc1ccc(-c2cc(C(=O)O[C@H](C)C(=O)N(C)C)c3ccccc3n2)o1. The monoisotopic (exact) mass is 352 g/mol. The number of furan rings is 1. The number of rotatable bonds is 4. The summed E-state index contributed by atoms with van der Waals surface area (Å²) in [5.74, 6) is 0.471. The Morgan fingerprint density at radius 3 is 2.54 bits per heavy atom. The number of para-hydroxylation sites is 1. The molecule has 3 rings (SSSR count). The third-order valence-electron chi connectivity index (χ3n) is 4.00. The van der Waals surface area contributed by atoms with Crippen molar-refractivity contribution in [2.75, 3.05) is 14.1 Å². The van der Waals surface area contributed by atoms with Crippen LogP contribution in [0, 0.1) is 6.92 Å². The summed E-state index contributed by atoms with van der Waals surface area (Å²) < 4.78 is 11.0. The van der Waals surface area contributed by atoms with Gasteiger partial charge in [-0.15, -0.1) is 0 Å². The molecule has 134 valence electrons. The summed E-state index contributed by atoms with van der Waals surface area (Å²) in [6.07, 6.45) is -0.876. The smallest absolute Gasteiger partial charge is 0.339 e. The van der Waals surface area contributed by atoms with Gasteiger partial charge < -0.3 is 14.1 Å². The topological polar surface area (TPSA) is 72.6 Å². The molecule has 0 saturated carbocycles. The Balaban J connectivity index is 2.03. The highest BCUT2D eigenvalue weighted by atomic mass is 16.5. The molecule has 0 radical (unpaired) electrons. The summed E-state index contributed by atoms with van der Waals surface area (Å²) in [6.45, 7) is 3.40. The lowest BCUT2D eigenvalue weighted by atomic mass is 10.1. The van der Waals surface area contributed by atoms with Crippen molar-refractivity contribution in [3.63, 3.8) is 0 Å². The van der Waals surface area contributed by atoms with Gasteiger partial charge in [-0.1, -0.05) is 18.2 Å². The second-order valence-corrected chi connectivity index (χ2v) is 6.26. The first-order valence-corrected chi connectivity index (χ1v) is 8.25. The number of fused-ring (bicyclic) bond motifs is 1. The van der Waals surface area contributed by atoms with E-state index in [9.17, 15) is 9.59 Å². The zero-order valence-electron chi connectivity index (χ0n) is 15.1. The minimum Gasteiger partial charge on any atom is -0.460 e. The molecule has 6 nitrogen and oxygen atoms in total. The van der Waals surface area contributed by atoms with Crippen LogP contribution in [0.3, 0.4) is 0 Å². The first kappa shape index (κ1) is 17.7. The molecule has 2 aromatic heterocycles. The number of amides is 1. The third-order valence-corrected chi connectivity index (χ3v) is 4.00. The predicted molar refractivity (Wildman–Crippen MR) is 97.8 cm³/mol. The highest BCUT2D eigenvalue weighted by Crippen LogP contribution is 2.27. The van der Waals surface area contributed by atoms with Crippen LogP contribution in [-0.2, 0) is 9.53 Å². The number of hydrogen-bond acceptors (Lipinski definition) is 5. The van der Waals surface area contributed by atoms with E-state index in [1.54, 1.807) is 39.2 Å². The Kier molecular flexibility index (Phi) is 4.75. The van der Waals surface area contributed by atoms with Gasteiger partial charge in [0.1, 0.15) is 11.5 Å². The molecule has 0 unspecified atom stereocenters. The lowest BCUT2D eigenvalue weighted by Gasteiger charge is -2.17. The second-order valence-electron chi connectivity index (χ2n) is 6.26. The Morgan fingerprint density at radius 1 is 1.15 bits per heavy atom. The average molecular weight is 352 g/mol. The van der Waals surface area contributed by atoms with Crippen LogP contribution in [0.1, 0.15) is 23.0 Å². The van der Waals surface area contributed by atoms with E-state index in [0.717, 1.165) is 5.76 Å². The molecule has 1 atom stereocenters. The summed E-state index contributed by atoms with van der Waals surface area (Å²) in [4.78, 5) is 30.7. The van der Waals surface area contributed by atoms with Crippen LogP contribution < -0.4 is 0 Å². The molecule has 0 aliphatic carbocycles. The quantitative estimate of drug-likeness (QED) is 0.673. The van der Waals surface area contributed by atoms with Gasteiger partial charge >= 0.3 is 5.97 Å². The van der Waals surface area contributed by atoms with Crippen molar-refractivity contribution in [2.45, 2.75) is 20.0 Å². The van der Waals surface area contributed by atoms with E-state index in [-0.39, 0.29) is 5.91 Å². The van der Waals surface area contributed by atoms with Gasteiger partial charge in [-0.3, -0.25) is 4.79 Å². The summed E-state index contributed by atoms with van der Waals surface area (Å²) in [6, 6.07) is 12.6. The van der Waals surface area contributed by atoms with E-state index in [1.165, 1.54) is 4.90 Å². The molecule has 6 heteroatoms. The molecule has 1 aromatic carbocycles. The summed E-state index contributed by atoms with van der Waals surface area (Å²) in [7, 11) is 3.23. The maximum Gasteiger partial charge on any atom is 0.339 e. The van der Waals surface area contributed by atoms with Crippen molar-refractivity contribution in [3.8, 4) is 11.5 Å². The van der Waals surface area contributed by atoms with E-state index in [4.69, 9.17) is 9.15 Å². The van der Waals surface area contributed by atoms with E-state index in [2.05, 4.69) is 4.98 Å². The molecule has 0 aliphatic heterocycles. The van der Waals surface area contributed by atoms with E-state index < -0.39 is 12.1 Å². The van der Waals surface area contributed by atoms with Gasteiger partial charge in [0.15, 0.2) is 11.9 Å². The van der Waals surface area contributed by atoms with Crippen molar-refractivity contribution in [1.82, 2.24) is 9.88 Å². The number of hydrogen-bond donors (Lipinski definition) is 0. The fraction of sp³-hybridized carbons (Fsp3) is 0.250. The molecule has 26 heavy (non-hydrogen) atoms. The Morgan fingerprint density at radius 2 is 1.88 bits per heavy atom. The lowest BCUT2D eigenvalue weighted by molar-refractivity contribution is -0.137. The van der Waals surface area contributed by atoms with Crippen LogP contribution in [0.25, 0.3) is 22.4 Å². The number of carbonyl (C=O) groups is 2. The van der Waals surface area contributed by atoms with Crippen molar-refractivity contribution in [2.24, 2.45) is 0 Å². The number of likely N-dealkylation sites (N-methyl/N-ethyl adjacent to an activating group) is 1. The fourth-order valence-electron chi connectivity index (χ4n) is 2.68. The number of esters is 1. The molecule has 3 aromatic rings. The molecule has 0 bridgehead atoms. The predicted octanol–water partition coefficient (Wildman–Crippen LogP) is 3.44. The number of aryl methyl sites for hydroxylation is 1. The molecule has 1 amide bonds. The van der Waals surface area contributed by atoms with Gasteiger partial charge in [-0.25, -0.2) is 9.78 Å². The molecule has 0 saturated heterocycles. The summed E-state index contributed by atoms with van der Waals surface area (Å²) in [5.41, 5.74) is 1.53. The van der Waals surface area contributed by atoms with E-state index >= 15 is 0 Å². The Labute approximate surface area is 151 Å². The minimum atomic E-state index is -0.876. The summed E-state index contributed by atoms with van der Waals surface area (Å²) in [5, 5.41) is 0.661. The van der Waals surface area contributed by atoms with Crippen LogP contribution in [0.5, 0.6) is 0 Å². The van der Waals surface area contributed by atoms with Crippen molar-refractivity contribution in [1.29, 1.82) is 0 Å². The van der Waals surface area contributed by atoms with Crippen LogP contribution in [0.15, 0.2) is 46.9 Å². The fourth-order valence-corrected chi connectivity index (χ4v) is 2.68. The largest absolute Gasteiger partial charge is 0.460 e.